The molecule has 0 bridgehead atoms. The number of methoxy groups -OCH3 is 1. The number of aliphatic hydroxyl groups excluding tert-OH is 1. The van der Waals surface area contributed by atoms with E-state index in [1.165, 1.54) is 0 Å². The summed E-state index contributed by atoms with van der Waals surface area (Å²) in [7, 11) is 1.64. The standard InChI is InChI=1S/C14H23N3O2/c1-3-17(7-4-8-18)10-12-9-11(14(15)16)5-6-13(12)19-2/h5-6,9,18H,3-4,7-8,10H2,1-2H3,(H3,15,16). The fraction of sp³-hybridized carbons (Fsp3) is 0.500. The monoisotopic (exact) mass is 265 g/mol. The number of hydrogen-bond acceptors (Lipinski definition) is 4. The first kappa shape index (κ1) is 15.5. The Bertz CT molecular complexity index is 421. The zero-order valence-corrected chi connectivity index (χ0v) is 11.6. The molecule has 106 valence electrons. The van der Waals surface area contributed by atoms with Crippen molar-refractivity contribution < 1.29 is 9.84 Å². The van der Waals surface area contributed by atoms with Crippen molar-refractivity contribution in [3.05, 3.63) is 29.3 Å². The van der Waals surface area contributed by atoms with Crippen LogP contribution in [0.3, 0.4) is 0 Å². The second kappa shape index (κ2) is 7.76. The molecular weight excluding hydrogens is 242 g/mol. The molecule has 0 aliphatic heterocycles. The van der Waals surface area contributed by atoms with Crippen LogP contribution in [-0.2, 0) is 6.54 Å². The maximum atomic E-state index is 8.90. The van der Waals surface area contributed by atoms with Gasteiger partial charge in [0.2, 0.25) is 0 Å². The summed E-state index contributed by atoms with van der Waals surface area (Å²) in [5.74, 6) is 0.856. The molecule has 0 radical (unpaired) electrons. The Kier molecular flexibility index (Phi) is 6.32. The van der Waals surface area contributed by atoms with Crippen LogP contribution in [0.25, 0.3) is 0 Å². The van der Waals surface area contributed by atoms with Crippen LogP contribution in [0.5, 0.6) is 5.75 Å². The molecule has 1 rings (SSSR count). The Morgan fingerprint density at radius 2 is 2.21 bits per heavy atom. The lowest BCUT2D eigenvalue weighted by Crippen LogP contribution is -2.25. The molecule has 1 aromatic carbocycles. The van der Waals surface area contributed by atoms with Gasteiger partial charge in [-0.3, -0.25) is 10.3 Å². The number of aliphatic hydroxyl groups is 1. The SMILES string of the molecule is CCN(CCCO)Cc1cc(C(=N)N)ccc1OC. The molecule has 5 heteroatoms. The predicted molar refractivity (Wildman–Crippen MR) is 76.7 cm³/mol. The highest BCUT2D eigenvalue weighted by Crippen LogP contribution is 2.21. The van der Waals surface area contributed by atoms with Crippen LogP contribution in [-0.4, -0.2) is 42.6 Å². The van der Waals surface area contributed by atoms with E-state index in [0.717, 1.165) is 37.4 Å². The summed E-state index contributed by atoms with van der Waals surface area (Å²) in [5.41, 5.74) is 7.23. The molecular formula is C14H23N3O2. The van der Waals surface area contributed by atoms with Gasteiger partial charge in [0.25, 0.3) is 0 Å². The maximum Gasteiger partial charge on any atom is 0.123 e. The Labute approximate surface area is 114 Å². The van der Waals surface area contributed by atoms with E-state index in [1.807, 2.05) is 12.1 Å². The number of benzene rings is 1. The lowest BCUT2D eigenvalue weighted by Gasteiger charge is -2.21. The summed E-state index contributed by atoms with van der Waals surface area (Å²) in [6.07, 6.45) is 0.753. The van der Waals surface area contributed by atoms with Gasteiger partial charge in [-0.1, -0.05) is 6.92 Å². The minimum Gasteiger partial charge on any atom is -0.496 e. The van der Waals surface area contributed by atoms with Crippen LogP contribution in [0.2, 0.25) is 0 Å². The highest BCUT2D eigenvalue weighted by Gasteiger charge is 2.10. The van der Waals surface area contributed by atoms with Crippen molar-refractivity contribution in [3.8, 4) is 5.75 Å². The quantitative estimate of drug-likeness (QED) is 0.487. The van der Waals surface area contributed by atoms with Gasteiger partial charge < -0.3 is 15.6 Å². The Hall–Kier alpha value is -1.59. The van der Waals surface area contributed by atoms with E-state index in [2.05, 4.69) is 11.8 Å². The van der Waals surface area contributed by atoms with Gasteiger partial charge in [0.1, 0.15) is 11.6 Å². The highest BCUT2D eigenvalue weighted by molar-refractivity contribution is 5.95. The van der Waals surface area contributed by atoms with Crippen molar-refractivity contribution in [2.75, 3.05) is 26.8 Å². The van der Waals surface area contributed by atoms with Crippen LogP contribution in [0.4, 0.5) is 0 Å². The minimum atomic E-state index is 0.0577. The second-order valence-electron chi connectivity index (χ2n) is 4.39. The third-order valence-corrected chi connectivity index (χ3v) is 3.07. The number of amidine groups is 1. The molecule has 0 spiro atoms. The number of rotatable bonds is 8. The Balaban J connectivity index is 2.89. The van der Waals surface area contributed by atoms with E-state index in [-0.39, 0.29) is 12.4 Å². The molecule has 0 atom stereocenters. The molecule has 0 amide bonds. The Morgan fingerprint density at radius 3 is 2.74 bits per heavy atom. The summed E-state index contributed by atoms with van der Waals surface area (Å²) in [6.45, 7) is 4.73. The summed E-state index contributed by atoms with van der Waals surface area (Å²) >= 11 is 0. The van der Waals surface area contributed by atoms with E-state index in [0.29, 0.717) is 5.56 Å². The van der Waals surface area contributed by atoms with Gasteiger partial charge >= 0.3 is 0 Å². The lowest BCUT2D eigenvalue weighted by molar-refractivity contribution is 0.223. The molecule has 0 aliphatic rings. The van der Waals surface area contributed by atoms with Crippen LogP contribution in [0.1, 0.15) is 24.5 Å². The average molecular weight is 265 g/mol. The molecule has 19 heavy (non-hydrogen) atoms. The van der Waals surface area contributed by atoms with E-state index < -0.39 is 0 Å². The van der Waals surface area contributed by atoms with Crippen molar-refractivity contribution >= 4 is 5.84 Å². The molecule has 0 unspecified atom stereocenters. The fourth-order valence-corrected chi connectivity index (χ4v) is 1.95. The van der Waals surface area contributed by atoms with Crippen molar-refractivity contribution in [2.24, 2.45) is 5.73 Å². The van der Waals surface area contributed by atoms with Crippen molar-refractivity contribution in [3.63, 3.8) is 0 Å². The lowest BCUT2D eigenvalue weighted by atomic mass is 10.1. The molecule has 4 N–H and O–H groups in total. The molecule has 0 fully saturated rings. The fourth-order valence-electron chi connectivity index (χ4n) is 1.95. The molecule has 0 saturated carbocycles. The van der Waals surface area contributed by atoms with Gasteiger partial charge in [0.05, 0.1) is 7.11 Å². The topological polar surface area (TPSA) is 82.6 Å². The van der Waals surface area contributed by atoms with Crippen molar-refractivity contribution in [2.45, 2.75) is 19.9 Å². The first-order valence-electron chi connectivity index (χ1n) is 6.46. The van der Waals surface area contributed by atoms with E-state index >= 15 is 0 Å². The number of nitrogens with one attached hydrogen (secondary N) is 1. The first-order valence-corrected chi connectivity index (χ1v) is 6.46. The molecule has 0 saturated heterocycles. The molecule has 0 aliphatic carbocycles. The summed E-state index contributed by atoms with van der Waals surface area (Å²) in [5, 5.41) is 16.4. The largest absolute Gasteiger partial charge is 0.496 e. The van der Waals surface area contributed by atoms with Gasteiger partial charge in [-0.2, -0.15) is 0 Å². The molecule has 0 aromatic heterocycles. The second-order valence-corrected chi connectivity index (χ2v) is 4.39. The normalized spacial score (nSPS) is 10.7. The number of ether oxygens (including phenoxy) is 1. The van der Waals surface area contributed by atoms with Crippen LogP contribution >= 0.6 is 0 Å². The van der Waals surface area contributed by atoms with Crippen molar-refractivity contribution in [1.82, 2.24) is 4.90 Å². The van der Waals surface area contributed by atoms with E-state index in [1.54, 1.807) is 13.2 Å². The van der Waals surface area contributed by atoms with Gasteiger partial charge in [-0.15, -0.1) is 0 Å². The molecule has 0 heterocycles. The van der Waals surface area contributed by atoms with Gasteiger partial charge in [-0.05, 0) is 31.2 Å². The molecule has 5 nitrogen and oxygen atoms in total. The predicted octanol–water partition coefficient (Wildman–Crippen LogP) is 1.18. The van der Waals surface area contributed by atoms with Gasteiger partial charge in [-0.25, -0.2) is 0 Å². The van der Waals surface area contributed by atoms with Gasteiger partial charge in [0.15, 0.2) is 0 Å². The van der Waals surface area contributed by atoms with Gasteiger partial charge in [0, 0.05) is 30.8 Å². The summed E-state index contributed by atoms with van der Waals surface area (Å²) < 4.78 is 5.34. The third-order valence-electron chi connectivity index (χ3n) is 3.07. The maximum absolute atomic E-state index is 8.90. The van der Waals surface area contributed by atoms with Crippen molar-refractivity contribution in [1.29, 1.82) is 5.41 Å². The summed E-state index contributed by atoms with van der Waals surface area (Å²) in [4.78, 5) is 2.22. The van der Waals surface area contributed by atoms with E-state index in [9.17, 15) is 0 Å². The van der Waals surface area contributed by atoms with Crippen LogP contribution in [0, 0.1) is 5.41 Å². The number of nitrogen functional groups attached to an aromatic ring is 1. The number of nitrogens with zero attached hydrogens (tertiary/aromatic N) is 1. The third kappa shape index (κ3) is 4.54. The minimum absolute atomic E-state index is 0.0577. The average Bonchev–Trinajstić information content (AvgIpc) is 2.43. The Morgan fingerprint density at radius 1 is 1.47 bits per heavy atom. The van der Waals surface area contributed by atoms with Crippen LogP contribution < -0.4 is 10.5 Å². The van der Waals surface area contributed by atoms with E-state index in [4.69, 9.17) is 21.0 Å². The smallest absolute Gasteiger partial charge is 0.123 e. The summed E-state index contributed by atoms with van der Waals surface area (Å²) in [6, 6.07) is 5.52. The zero-order chi connectivity index (χ0) is 14.3. The first-order chi connectivity index (χ1) is 9.12. The zero-order valence-electron chi connectivity index (χ0n) is 11.6. The molecule has 1 aromatic rings. The highest BCUT2D eigenvalue weighted by atomic mass is 16.5. The van der Waals surface area contributed by atoms with Crippen LogP contribution in [0.15, 0.2) is 18.2 Å². The number of nitrogens with two attached hydrogens (primary N) is 1. The number of hydrogen-bond donors (Lipinski definition) is 3.